The molecular weight excluding hydrogens is 222 g/mol. The molecule has 0 spiro atoms. The Morgan fingerprint density at radius 2 is 1.88 bits per heavy atom. The summed E-state index contributed by atoms with van der Waals surface area (Å²) >= 11 is 6.16. The van der Waals surface area contributed by atoms with Gasteiger partial charge in [-0.05, 0) is 18.2 Å². The van der Waals surface area contributed by atoms with E-state index in [9.17, 15) is 0 Å². The van der Waals surface area contributed by atoms with Crippen LogP contribution in [0.25, 0.3) is 16.9 Å². The molecule has 3 rings (SSSR count). The minimum atomic E-state index is 0.713. The molecule has 3 aromatic rings. The van der Waals surface area contributed by atoms with Crippen LogP contribution < -0.4 is 0 Å². The lowest BCUT2D eigenvalue weighted by atomic mass is 10.1. The van der Waals surface area contributed by atoms with Crippen molar-refractivity contribution in [2.45, 2.75) is 0 Å². The molecule has 0 aliphatic heterocycles. The highest BCUT2D eigenvalue weighted by Crippen LogP contribution is 2.27. The number of benzene rings is 1. The first-order valence-corrected chi connectivity index (χ1v) is 5.28. The molecule has 1 aromatic carbocycles. The number of hydrogen-bond donors (Lipinski definition) is 0. The van der Waals surface area contributed by atoms with Crippen molar-refractivity contribution in [2.24, 2.45) is 0 Å². The van der Waals surface area contributed by atoms with E-state index in [4.69, 9.17) is 11.6 Å². The van der Waals surface area contributed by atoms with Gasteiger partial charge in [-0.1, -0.05) is 35.9 Å². The van der Waals surface area contributed by atoms with Crippen molar-refractivity contribution in [2.75, 3.05) is 0 Å². The molecule has 0 saturated carbocycles. The molecule has 0 bridgehead atoms. The molecule has 78 valence electrons. The number of nitrogens with zero attached hydrogens (tertiary/aromatic N) is 3. The molecule has 2 aromatic heterocycles. The van der Waals surface area contributed by atoms with Crippen LogP contribution in [0.4, 0.5) is 0 Å². The van der Waals surface area contributed by atoms with Crippen LogP contribution in [0.3, 0.4) is 0 Å². The van der Waals surface area contributed by atoms with Crippen molar-refractivity contribution >= 4 is 17.2 Å². The van der Waals surface area contributed by atoms with Gasteiger partial charge < -0.3 is 0 Å². The molecule has 0 radical (unpaired) electrons. The Labute approximate surface area is 97.3 Å². The lowest BCUT2D eigenvalue weighted by Gasteiger charge is -2.05. The normalized spacial score (nSPS) is 10.8. The molecule has 0 atom stereocenters. The van der Waals surface area contributed by atoms with Gasteiger partial charge in [-0.25, -0.2) is 9.50 Å². The predicted molar refractivity (Wildman–Crippen MR) is 63.4 cm³/mol. The monoisotopic (exact) mass is 229 g/mol. The average Bonchev–Trinajstić information content (AvgIpc) is 2.77. The van der Waals surface area contributed by atoms with Crippen LogP contribution >= 0.6 is 11.6 Å². The van der Waals surface area contributed by atoms with Crippen LogP contribution in [0.2, 0.25) is 5.02 Å². The topological polar surface area (TPSA) is 30.2 Å². The summed E-state index contributed by atoms with van der Waals surface area (Å²) in [6.45, 7) is 0. The number of hydrogen-bond acceptors (Lipinski definition) is 2. The van der Waals surface area contributed by atoms with Gasteiger partial charge in [0.15, 0.2) is 5.65 Å². The predicted octanol–water partition coefficient (Wildman–Crippen LogP) is 3.05. The molecule has 0 unspecified atom stereocenters. The van der Waals surface area contributed by atoms with Crippen LogP contribution in [-0.2, 0) is 0 Å². The van der Waals surface area contributed by atoms with Gasteiger partial charge in [0, 0.05) is 10.6 Å². The van der Waals surface area contributed by atoms with Gasteiger partial charge in [0.2, 0.25) is 0 Å². The van der Waals surface area contributed by atoms with Gasteiger partial charge in [-0.15, -0.1) is 0 Å². The van der Waals surface area contributed by atoms with Gasteiger partial charge in [0.05, 0.1) is 5.69 Å². The van der Waals surface area contributed by atoms with Gasteiger partial charge in [0.25, 0.3) is 0 Å². The molecule has 2 heterocycles. The third kappa shape index (κ3) is 1.37. The fraction of sp³-hybridized carbons (Fsp3) is 0. The quantitative estimate of drug-likeness (QED) is 0.642. The van der Waals surface area contributed by atoms with Crippen molar-refractivity contribution in [3.8, 4) is 11.3 Å². The van der Waals surface area contributed by atoms with Gasteiger partial charge in [-0.3, -0.25) is 0 Å². The molecule has 3 nitrogen and oxygen atoms in total. The van der Waals surface area contributed by atoms with E-state index >= 15 is 0 Å². The minimum absolute atomic E-state index is 0.713. The summed E-state index contributed by atoms with van der Waals surface area (Å²) in [6, 6.07) is 13.5. The summed E-state index contributed by atoms with van der Waals surface area (Å²) in [7, 11) is 0. The molecule has 0 saturated heterocycles. The fourth-order valence-electron chi connectivity index (χ4n) is 1.72. The molecule has 0 N–H and O–H groups in total. The summed E-state index contributed by atoms with van der Waals surface area (Å²) < 4.78 is 1.78. The average molecular weight is 230 g/mol. The zero-order valence-electron chi connectivity index (χ0n) is 8.34. The van der Waals surface area contributed by atoms with Crippen LogP contribution in [0.5, 0.6) is 0 Å². The van der Waals surface area contributed by atoms with E-state index in [0.717, 1.165) is 16.9 Å². The Balaban J connectivity index is 2.34. The van der Waals surface area contributed by atoms with Crippen LogP contribution in [-0.4, -0.2) is 14.6 Å². The lowest BCUT2D eigenvalue weighted by molar-refractivity contribution is 0.969. The molecule has 0 aliphatic rings. The molecular formula is C12H8ClN3. The Hall–Kier alpha value is -1.87. The molecule has 0 aliphatic carbocycles. The molecule has 0 fully saturated rings. The Bertz CT molecular complexity index is 645. The van der Waals surface area contributed by atoms with Crippen molar-refractivity contribution in [1.82, 2.24) is 14.6 Å². The van der Waals surface area contributed by atoms with Crippen LogP contribution in [0.1, 0.15) is 0 Å². The van der Waals surface area contributed by atoms with E-state index in [1.54, 1.807) is 4.52 Å². The second-order valence-corrected chi connectivity index (χ2v) is 3.83. The van der Waals surface area contributed by atoms with E-state index in [1.165, 1.54) is 6.33 Å². The summed E-state index contributed by atoms with van der Waals surface area (Å²) in [5.41, 5.74) is 2.72. The van der Waals surface area contributed by atoms with E-state index in [-0.39, 0.29) is 0 Å². The maximum absolute atomic E-state index is 6.16. The standard InChI is InChI=1S/C12H8ClN3/c13-10-5-2-1-4-9(10)11-6-3-7-12-14-8-15-16(11)12/h1-8H. The van der Waals surface area contributed by atoms with Crippen LogP contribution in [0, 0.1) is 0 Å². The van der Waals surface area contributed by atoms with Crippen molar-refractivity contribution < 1.29 is 0 Å². The van der Waals surface area contributed by atoms with Crippen molar-refractivity contribution in [1.29, 1.82) is 0 Å². The zero-order chi connectivity index (χ0) is 11.0. The molecule has 4 heteroatoms. The number of pyridine rings is 1. The Kier molecular flexibility index (Phi) is 2.11. The second-order valence-electron chi connectivity index (χ2n) is 3.42. The van der Waals surface area contributed by atoms with Gasteiger partial charge in [-0.2, -0.15) is 5.10 Å². The van der Waals surface area contributed by atoms with E-state index < -0.39 is 0 Å². The first-order valence-electron chi connectivity index (χ1n) is 4.90. The third-order valence-corrected chi connectivity index (χ3v) is 2.78. The Morgan fingerprint density at radius 1 is 1.00 bits per heavy atom. The molecule has 0 amide bonds. The maximum Gasteiger partial charge on any atom is 0.155 e. The highest BCUT2D eigenvalue weighted by molar-refractivity contribution is 6.33. The maximum atomic E-state index is 6.16. The zero-order valence-corrected chi connectivity index (χ0v) is 9.09. The van der Waals surface area contributed by atoms with Crippen molar-refractivity contribution in [3.63, 3.8) is 0 Å². The largest absolute Gasteiger partial charge is 0.215 e. The van der Waals surface area contributed by atoms with E-state index in [0.29, 0.717) is 5.02 Å². The minimum Gasteiger partial charge on any atom is -0.215 e. The third-order valence-electron chi connectivity index (χ3n) is 2.45. The smallest absolute Gasteiger partial charge is 0.155 e. The second kappa shape index (κ2) is 3.61. The molecule has 16 heavy (non-hydrogen) atoms. The van der Waals surface area contributed by atoms with E-state index in [2.05, 4.69) is 10.1 Å². The number of rotatable bonds is 1. The summed E-state index contributed by atoms with van der Waals surface area (Å²) in [5.74, 6) is 0. The lowest BCUT2D eigenvalue weighted by Crippen LogP contribution is -1.93. The Morgan fingerprint density at radius 3 is 2.75 bits per heavy atom. The highest BCUT2D eigenvalue weighted by atomic mass is 35.5. The first-order chi connectivity index (χ1) is 7.86. The number of aromatic nitrogens is 3. The SMILES string of the molecule is Clc1ccccc1-c1cccc2ncnn12. The van der Waals surface area contributed by atoms with Crippen LogP contribution in [0.15, 0.2) is 48.8 Å². The summed E-state index contributed by atoms with van der Waals surface area (Å²) in [4.78, 5) is 4.14. The van der Waals surface area contributed by atoms with Gasteiger partial charge >= 0.3 is 0 Å². The summed E-state index contributed by atoms with van der Waals surface area (Å²) in [5, 5.41) is 4.90. The highest BCUT2D eigenvalue weighted by Gasteiger charge is 2.07. The van der Waals surface area contributed by atoms with Crippen molar-refractivity contribution in [3.05, 3.63) is 53.8 Å². The van der Waals surface area contributed by atoms with Gasteiger partial charge in [0.1, 0.15) is 6.33 Å². The fourth-order valence-corrected chi connectivity index (χ4v) is 1.95. The van der Waals surface area contributed by atoms with E-state index in [1.807, 2.05) is 42.5 Å². The summed E-state index contributed by atoms with van der Waals surface area (Å²) in [6.07, 6.45) is 1.54. The number of fused-ring (bicyclic) bond motifs is 1. The first kappa shape index (κ1) is 9.36. The number of halogens is 1.